The molecule has 1 amide bonds. The van der Waals surface area contributed by atoms with Crippen molar-refractivity contribution in [2.24, 2.45) is 0 Å². The number of para-hydroxylation sites is 1. The van der Waals surface area contributed by atoms with E-state index in [1.807, 2.05) is 60.7 Å². The number of benzene rings is 3. The smallest absolute Gasteiger partial charge is 0.356 e. The molecule has 3 aromatic carbocycles. The van der Waals surface area contributed by atoms with Crippen molar-refractivity contribution in [2.75, 3.05) is 20.8 Å². The van der Waals surface area contributed by atoms with Crippen LogP contribution >= 0.6 is 11.6 Å². The molecule has 0 spiro atoms. The van der Waals surface area contributed by atoms with Crippen molar-refractivity contribution >= 4 is 45.2 Å². The molecule has 6 nitrogen and oxygen atoms in total. The molecule has 0 saturated heterocycles. The normalized spacial score (nSPS) is 10.9. The van der Waals surface area contributed by atoms with Crippen LogP contribution in [0.4, 0.5) is 0 Å². The largest absolute Gasteiger partial charge is 0.497 e. The van der Waals surface area contributed by atoms with E-state index >= 15 is 0 Å². The summed E-state index contributed by atoms with van der Waals surface area (Å²) in [6, 6.07) is 19.1. The summed E-state index contributed by atoms with van der Waals surface area (Å²) >= 11 is 6.27. The molecule has 158 valence electrons. The van der Waals surface area contributed by atoms with Crippen molar-refractivity contribution < 1.29 is 19.1 Å². The molecule has 0 atom stereocenters. The number of ether oxygens (including phenoxy) is 2. The predicted octanol–water partition coefficient (Wildman–Crippen LogP) is 4.80. The SMILES string of the molecule is COc1ccc2cc(CN(C)C(=O)COC(=O)c3[nH]c4ccccc4c3Cl)ccc2c1. The van der Waals surface area contributed by atoms with E-state index in [0.717, 1.165) is 33.0 Å². The highest BCUT2D eigenvalue weighted by molar-refractivity contribution is 6.38. The quantitative estimate of drug-likeness (QED) is 0.441. The van der Waals surface area contributed by atoms with E-state index in [9.17, 15) is 9.59 Å². The van der Waals surface area contributed by atoms with Gasteiger partial charge in [-0.15, -0.1) is 0 Å². The Balaban J connectivity index is 1.38. The van der Waals surface area contributed by atoms with Crippen molar-refractivity contribution in [3.63, 3.8) is 0 Å². The van der Waals surface area contributed by atoms with Crippen molar-refractivity contribution in [2.45, 2.75) is 6.54 Å². The van der Waals surface area contributed by atoms with Gasteiger partial charge in [-0.05, 0) is 40.6 Å². The number of nitrogens with one attached hydrogen (secondary N) is 1. The van der Waals surface area contributed by atoms with Crippen LogP contribution in [-0.2, 0) is 16.1 Å². The molecule has 1 heterocycles. The maximum absolute atomic E-state index is 12.5. The number of carbonyl (C=O) groups is 2. The molecule has 0 radical (unpaired) electrons. The number of likely N-dealkylation sites (N-methyl/N-ethyl adjacent to an activating group) is 1. The summed E-state index contributed by atoms with van der Waals surface area (Å²) in [5.41, 5.74) is 1.85. The first-order chi connectivity index (χ1) is 15.0. The van der Waals surface area contributed by atoms with Crippen LogP contribution in [0.5, 0.6) is 5.75 Å². The van der Waals surface area contributed by atoms with Gasteiger partial charge in [0.2, 0.25) is 0 Å². The number of rotatable bonds is 6. The van der Waals surface area contributed by atoms with Gasteiger partial charge >= 0.3 is 5.97 Å². The summed E-state index contributed by atoms with van der Waals surface area (Å²) in [7, 11) is 3.30. The monoisotopic (exact) mass is 436 g/mol. The van der Waals surface area contributed by atoms with Gasteiger partial charge < -0.3 is 19.4 Å². The van der Waals surface area contributed by atoms with Gasteiger partial charge in [-0.3, -0.25) is 4.79 Å². The Morgan fingerprint density at radius 1 is 1.03 bits per heavy atom. The predicted molar refractivity (Wildman–Crippen MR) is 121 cm³/mol. The van der Waals surface area contributed by atoms with Crippen LogP contribution in [0.2, 0.25) is 5.02 Å². The minimum atomic E-state index is -0.664. The molecule has 1 aromatic heterocycles. The third kappa shape index (κ3) is 4.34. The fourth-order valence-electron chi connectivity index (χ4n) is 3.42. The van der Waals surface area contributed by atoms with E-state index in [2.05, 4.69) is 4.98 Å². The second-order valence-electron chi connectivity index (χ2n) is 7.23. The molecular formula is C24H21ClN2O4. The lowest BCUT2D eigenvalue weighted by molar-refractivity contribution is -0.133. The van der Waals surface area contributed by atoms with Crippen LogP contribution in [0, 0.1) is 0 Å². The summed E-state index contributed by atoms with van der Waals surface area (Å²) < 4.78 is 10.4. The number of hydrogen-bond acceptors (Lipinski definition) is 4. The van der Waals surface area contributed by atoms with Crippen LogP contribution in [-0.4, -0.2) is 42.5 Å². The van der Waals surface area contributed by atoms with Crippen molar-refractivity contribution in [3.05, 3.63) is 76.9 Å². The molecule has 4 aromatic rings. The van der Waals surface area contributed by atoms with Gasteiger partial charge in [-0.25, -0.2) is 4.79 Å². The lowest BCUT2D eigenvalue weighted by atomic mass is 10.1. The number of nitrogens with zero attached hydrogens (tertiary/aromatic N) is 1. The fraction of sp³-hybridized carbons (Fsp3) is 0.167. The van der Waals surface area contributed by atoms with E-state index in [-0.39, 0.29) is 23.2 Å². The fourth-order valence-corrected chi connectivity index (χ4v) is 3.71. The van der Waals surface area contributed by atoms with Crippen LogP contribution in [0.3, 0.4) is 0 Å². The van der Waals surface area contributed by atoms with Gasteiger partial charge in [-0.1, -0.05) is 48.0 Å². The Kier molecular flexibility index (Phi) is 5.82. The van der Waals surface area contributed by atoms with E-state index in [1.54, 1.807) is 14.2 Å². The van der Waals surface area contributed by atoms with Gasteiger partial charge in [0.15, 0.2) is 6.61 Å². The van der Waals surface area contributed by atoms with E-state index in [0.29, 0.717) is 6.54 Å². The van der Waals surface area contributed by atoms with Gasteiger partial charge in [0, 0.05) is 24.5 Å². The van der Waals surface area contributed by atoms with E-state index in [4.69, 9.17) is 21.1 Å². The van der Waals surface area contributed by atoms with Crippen LogP contribution < -0.4 is 4.74 Å². The summed E-state index contributed by atoms with van der Waals surface area (Å²) in [6.07, 6.45) is 0. The first kappa shape index (κ1) is 20.8. The minimum Gasteiger partial charge on any atom is -0.497 e. The molecular weight excluding hydrogens is 416 g/mol. The Bertz CT molecular complexity index is 1280. The van der Waals surface area contributed by atoms with Crippen LogP contribution in [0.15, 0.2) is 60.7 Å². The zero-order valence-electron chi connectivity index (χ0n) is 17.1. The van der Waals surface area contributed by atoms with Crippen molar-refractivity contribution in [1.29, 1.82) is 0 Å². The average molecular weight is 437 g/mol. The molecule has 0 aliphatic heterocycles. The third-order valence-corrected chi connectivity index (χ3v) is 5.52. The number of esters is 1. The highest BCUT2D eigenvalue weighted by Crippen LogP contribution is 2.27. The topological polar surface area (TPSA) is 71.6 Å². The van der Waals surface area contributed by atoms with Crippen molar-refractivity contribution in [3.8, 4) is 5.75 Å². The zero-order valence-corrected chi connectivity index (χ0v) is 17.9. The minimum absolute atomic E-state index is 0.142. The first-order valence-corrected chi connectivity index (χ1v) is 10.1. The Hall–Kier alpha value is -3.51. The van der Waals surface area contributed by atoms with Crippen molar-refractivity contribution in [1.82, 2.24) is 9.88 Å². The average Bonchev–Trinajstić information content (AvgIpc) is 3.13. The Labute approximate surface area is 184 Å². The molecule has 7 heteroatoms. The number of aromatic nitrogens is 1. The Morgan fingerprint density at radius 2 is 1.77 bits per heavy atom. The highest BCUT2D eigenvalue weighted by Gasteiger charge is 2.19. The van der Waals surface area contributed by atoms with Gasteiger partial charge in [-0.2, -0.15) is 0 Å². The molecule has 1 N–H and O–H groups in total. The Morgan fingerprint density at radius 3 is 2.55 bits per heavy atom. The molecule has 4 rings (SSSR count). The highest BCUT2D eigenvalue weighted by atomic mass is 35.5. The maximum atomic E-state index is 12.5. The van der Waals surface area contributed by atoms with Crippen LogP contribution in [0.25, 0.3) is 21.7 Å². The number of amides is 1. The summed E-state index contributed by atoms with van der Waals surface area (Å²) in [5, 5.41) is 3.13. The zero-order chi connectivity index (χ0) is 22.0. The summed E-state index contributed by atoms with van der Waals surface area (Å²) in [6.45, 7) is 0.0251. The second-order valence-corrected chi connectivity index (χ2v) is 7.61. The van der Waals surface area contributed by atoms with Gasteiger partial charge in [0.05, 0.1) is 12.1 Å². The third-order valence-electron chi connectivity index (χ3n) is 5.13. The second kappa shape index (κ2) is 8.70. The number of carbonyl (C=O) groups excluding carboxylic acids is 2. The number of methoxy groups -OCH3 is 1. The first-order valence-electron chi connectivity index (χ1n) is 9.70. The lowest BCUT2D eigenvalue weighted by Crippen LogP contribution is -2.30. The van der Waals surface area contributed by atoms with E-state index < -0.39 is 5.97 Å². The summed E-state index contributed by atoms with van der Waals surface area (Å²) in [4.78, 5) is 29.3. The molecule has 31 heavy (non-hydrogen) atoms. The number of hydrogen-bond donors (Lipinski definition) is 1. The molecule has 0 aliphatic carbocycles. The number of H-pyrrole nitrogens is 1. The van der Waals surface area contributed by atoms with Gasteiger partial charge in [0.1, 0.15) is 11.4 Å². The number of aromatic amines is 1. The van der Waals surface area contributed by atoms with Gasteiger partial charge in [0.25, 0.3) is 5.91 Å². The molecule has 0 saturated carbocycles. The number of halogens is 1. The molecule has 0 fully saturated rings. The lowest BCUT2D eigenvalue weighted by Gasteiger charge is -2.17. The van der Waals surface area contributed by atoms with E-state index in [1.165, 1.54) is 4.90 Å². The molecule has 0 unspecified atom stereocenters. The summed E-state index contributed by atoms with van der Waals surface area (Å²) in [5.74, 6) is -0.178. The standard InChI is InChI=1S/C24H21ClN2O4/c1-27(13-15-7-8-17-12-18(30-2)10-9-16(17)11-15)21(28)14-31-24(29)23-22(25)19-5-3-4-6-20(19)26-23/h3-12,26H,13-14H2,1-2H3. The number of fused-ring (bicyclic) bond motifs is 2. The maximum Gasteiger partial charge on any atom is 0.356 e. The molecule has 0 aliphatic rings. The van der Waals surface area contributed by atoms with Crippen LogP contribution in [0.1, 0.15) is 16.1 Å². The molecule has 0 bridgehead atoms.